The number of para-hydroxylation sites is 1. The molecule has 1 heterocycles. The molecule has 2 rings (SSSR count). The van der Waals surface area contributed by atoms with Crippen molar-refractivity contribution in [3.63, 3.8) is 0 Å². The van der Waals surface area contributed by atoms with Crippen LogP contribution in [0, 0.1) is 0 Å². The van der Waals surface area contributed by atoms with Crippen LogP contribution in [0.3, 0.4) is 0 Å². The predicted molar refractivity (Wildman–Crippen MR) is 56.0 cm³/mol. The van der Waals surface area contributed by atoms with Gasteiger partial charge >= 0.3 is 5.97 Å². The summed E-state index contributed by atoms with van der Waals surface area (Å²) in [6.45, 7) is 0. The number of aromatic nitrogens is 3. The first-order valence-electron chi connectivity index (χ1n) is 4.68. The fourth-order valence-electron chi connectivity index (χ4n) is 1.20. The molecule has 0 saturated heterocycles. The van der Waals surface area contributed by atoms with E-state index in [1.54, 1.807) is 24.3 Å². The Kier molecular flexibility index (Phi) is 2.91. The number of rotatable bonds is 4. The number of aromatic carboxylic acids is 1. The van der Waals surface area contributed by atoms with Crippen molar-refractivity contribution in [2.75, 3.05) is 7.11 Å². The lowest BCUT2D eigenvalue weighted by Gasteiger charge is -2.06. The lowest BCUT2D eigenvalue weighted by atomic mass is 10.3. The van der Waals surface area contributed by atoms with Crippen LogP contribution in [0.2, 0.25) is 0 Å². The van der Waals surface area contributed by atoms with Crippen molar-refractivity contribution in [2.45, 2.75) is 0 Å². The van der Waals surface area contributed by atoms with Crippen LogP contribution in [-0.2, 0) is 0 Å². The molecule has 0 atom stereocenters. The van der Waals surface area contributed by atoms with Gasteiger partial charge in [-0.05, 0) is 22.2 Å². The van der Waals surface area contributed by atoms with Gasteiger partial charge in [-0.25, -0.2) is 4.79 Å². The number of hydrogen-bond acceptors (Lipinski definition) is 5. The van der Waals surface area contributed by atoms with E-state index in [-0.39, 0.29) is 11.6 Å². The highest BCUT2D eigenvalue weighted by Gasteiger charge is 2.22. The zero-order valence-corrected chi connectivity index (χ0v) is 8.90. The molecule has 0 amide bonds. The van der Waals surface area contributed by atoms with Gasteiger partial charge in [0.15, 0.2) is 0 Å². The number of hydrogen-bond donors (Lipinski definition) is 1. The van der Waals surface area contributed by atoms with E-state index < -0.39 is 5.97 Å². The number of carbonyl (C=O) groups is 1. The zero-order valence-electron chi connectivity index (χ0n) is 8.90. The molecule has 0 radical (unpaired) electrons. The van der Waals surface area contributed by atoms with E-state index in [2.05, 4.69) is 10.3 Å². The molecule has 17 heavy (non-hydrogen) atoms. The Balaban J connectivity index is 2.37. The molecule has 0 spiro atoms. The fraction of sp³-hybridized carbons (Fsp3) is 0.100. The van der Waals surface area contributed by atoms with E-state index in [1.807, 2.05) is 6.07 Å². The van der Waals surface area contributed by atoms with Gasteiger partial charge in [0.2, 0.25) is 5.69 Å². The molecule has 7 heteroatoms. The number of ether oxygens (including phenoxy) is 1. The van der Waals surface area contributed by atoms with E-state index in [4.69, 9.17) is 14.7 Å². The summed E-state index contributed by atoms with van der Waals surface area (Å²) < 4.78 is 5.36. The van der Waals surface area contributed by atoms with Crippen molar-refractivity contribution in [1.29, 1.82) is 0 Å². The molecular formula is C10H9N3O4. The highest BCUT2D eigenvalue weighted by Crippen LogP contribution is 2.22. The second-order valence-corrected chi connectivity index (χ2v) is 3.02. The molecule has 0 bridgehead atoms. The second kappa shape index (κ2) is 4.52. The fourth-order valence-corrected chi connectivity index (χ4v) is 1.20. The summed E-state index contributed by atoms with van der Waals surface area (Å²) in [5.74, 6) is -0.846. The van der Waals surface area contributed by atoms with E-state index >= 15 is 0 Å². The first kappa shape index (κ1) is 10.9. The van der Waals surface area contributed by atoms with Crippen molar-refractivity contribution < 1.29 is 19.5 Å². The monoisotopic (exact) mass is 235 g/mol. The van der Waals surface area contributed by atoms with Gasteiger partial charge < -0.3 is 14.7 Å². The van der Waals surface area contributed by atoms with Crippen LogP contribution >= 0.6 is 0 Å². The van der Waals surface area contributed by atoms with Gasteiger partial charge in [-0.2, -0.15) is 0 Å². The topological polar surface area (TPSA) is 86.5 Å². The largest absolute Gasteiger partial charge is 0.476 e. The molecule has 0 unspecified atom stereocenters. The van der Waals surface area contributed by atoms with Crippen LogP contribution in [-0.4, -0.2) is 33.3 Å². The van der Waals surface area contributed by atoms with E-state index in [9.17, 15) is 4.79 Å². The molecule has 0 aliphatic rings. The average Bonchev–Trinajstić information content (AvgIpc) is 2.73. The smallest absolute Gasteiger partial charge is 0.362 e. The maximum atomic E-state index is 10.9. The molecule has 1 N–H and O–H groups in total. The summed E-state index contributed by atoms with van der Waals surface area (Å²) in [6.07, 6.45) is 0. The van der Waals surface area contributed by atoms with Gasteiger partial charge in [-0.1, -0.05) is 18.2 Å². The first-order chi connectivity index (χ1) is 8.22. The highest BCUT2D eigenvalue weighted by molar-refractivity contribution is 5.87. The molecule has 88 valence electrons. The molecule has 2 aromatic rings. The van der Waals surface area contributed by atoms with Crippen molar-refractivity contribution in [3.8, 4) is 11.6 Å². The minimum atomic E-state index is -1.24. The maximum Gasteiger partial charge on any atom is 0.362 e. The van der Waals surface area contributed by atoms with Crippen LogP contribution in [0.4, 0.5) is 0 Å². The first-order valence-corrected chi connectivity index (χ1v) is 4.68. The summed E-state index contributed by atoms with van der Waals surface area (Å²) in [7, 11) is 1.33. The lowest BCUT2D eigenvalue weighted by molar-refractivity contribution is 0.0683. The second-order valence-electron chi connectivity index (χ2n) is 3.02. The summed E-state index contributed by atoms with van der Waals surface area (Å²) in [5, 5.41) is 15.8. The lowest BCUT2D eigenvalue weighted by Crippen LogP contribution is -2.10. The molecule has 0 fully saturated rings. The number of carboxylic acid groups (broad SMARTS) is 1. The van der Waals surface area contributed by atoms with E-state index in [0.29, 0.717) is 5.75 Å². The van der Waals surface area contributed by atoms with E-state index in [0.717, 1.165) is 4.85 Å². The molecule has 0 aliphatic heterocycles. The van der Waals surface area contributed by atoms with Crippen molar-refractivity contribution in [1.82, 2.24) is 15.2 Å². The number of carboxylic acids is 1. The van der Waals surface area contributed by atoms with Gasteiger partial charge in [-0.15, -0.1) is 5.10 Å². The van der Waals surface area contributed by atoms with Crippen LogP contribution in [0.5, 0.6) is 11.6 Å². The SMILES string of the molecule is COn1nnc(C(=O)O)c1Oc1ccccc1. The quantitative estimate of drug-likeness (QED) is 0.844. The minimum Gasteiger partial charge on any atom is -0.476 e. The maximum absolute atomic E-state index is 10.9. The Bertz CT molecular complexity index is 524. The van der Waals surface area contributed by atoms with Crippen LogP contribution in [0.25, 0.3) is 0 Å². The van der Waals surface area contributed by atoms with Gasteiger partial charge in [0.1, 0.15) is 12.9 Å². The molecule has 1 aromatic carbocycles. The van der Waals surface area contributed by atoms with Crippen LogP contribution in [0.15, 0.2) is 30.3 Å². The summed E-state index contributed by atoms with van der Waals surface area (Å²) in [4.78, 5) is 16.6. The summed E-state index contributed by atoms with van der Waals surface area (Å²) >= 11 is 0. The number of nitrogens with zero attached hydrogens (tertiary/aromatic N) is 3. The van der Waals surface area contributed by atoms with Crippen molar-refractivity contribution in [2.24, 2.45) is 0 Å². The van der Waals surface area contributed by atoms with Crippen molar-refractivity contribution in [3.05, 3.63) is 36.0 Å². The summed E-state index contributed by atoms with van der Waals surface area (Å²) in [6, 6.07) is 8.70. The van der Waals surface area contributed by atoms with Gasteiger partial charge in [0, 0.05) is 0 Å². The average molecular weight is 235 g/mol. The molecule has 7 nitrogen and oxygen atoms in total. The number of benzene rings is 1. The van der Waals surface area contributed by atoms with Crippen LogP contribution in [0.1, 0.15) is 10.5 Å². The molecule has 0 saturated carbocycles. The van der Waals surface area contributed by atoms with Gasteiger partial charge in [0.05, 0.1) is 0 Å². The molecule has 0 aliphatic carbocycles. The normalized spacial score (nSPS) is 9.94. The highest BCUT2D eigenvalue weighted by atomic mass is 16.7. The summed E-state index contributed by atoms with van der Waals surface area (Å²) in [5.41, 5.74) is -0.310. The van der Waals surface area contributed by atoms with Crippen LogP contribution < -0.4 is 9.57 Å². The Morgan fingerprint density at radius 3 is 2.65 bits per heavy atom. The molecule has 1 aromatic heterocycles. The Morgan fingerprint density at radius 1 is 1.35 bits per heavy atom. The molecular weight excluding hydrogens is 226 g/mol. The van der Waals surface area contributed by atoms with E-state index in [1.165, 1.54) is 7.11 Å². The third-order valence-electron chi connectivity index (χ3n) is 1.94. The Labute approximate surface area is 96.2 Å². The third kappa shape index (κ3) is 2.17. The van der Waals surface area contributed by atoms with Gasteiger partial charge in [0.25, 0.3) is 5.88 Å². The third-order valence-corrected chi connectivity index (χ3v) is 1.94. The van der Waals surface area contributed by atoms with Crippen molar-refractivity contribution >= 4 is 5.97 Å². The standard InChI is InChI=1S/C10H9N3O4/c1-16-13-9(8(10(14)15)11-12-13)17-7-5-3-2-4-6-7/h2-6H,1H3,(H,14,15). The Morgan fingerprint density at radius 2 is 2.06 bits per heavy atom. The predicted octanol–water partition coefficient (Wildman–Crippen LogP) is 0.827. The Hall–Kier alpha value is -2.57. The zero-order chi connectivity index (χ0) is 12.3. The van der Waals surface area contributed by atoms with Gasteiger partial charge in [-0.3, -0.25) is 0 Å². The minimum absolute atomic E-state index is 0.0776.